The minimum Gasteiger partial charge on any atom is -0.353 e. The number of carbonyl (C=O) groups excluding carboxylic acids is 1. The van der Waals surface area contributed by atoms with Crippen LogP contribution in [0, 0.1) is 5.92 Å². The number of carbonyl (C=O) groups is 1. The molecule has 168 valence electrons. The van der Waals surface area contributed by atoms with E-state index in [0.717, 1.165) is 18.4 Å². The van der Waals surface area contributed by atoms with E-state index in [0.29, 0.717) is 36.7 Å². The van der Waals surface area contributed by atoms with Gasteiger partial charge in [0.15, 0.2) is 0 Å². The first-order chi connectivity index (χ1) is 14.8. The zero-order valence-electron chi connectivity index (χ0n) is 18.8. The number of sulfonamides is 1. The fraction of sp³-hybridized carbons (Fsp3) is 0.480. The summed E-state index contributed by atoms with van der Waals surface area (Å²) in [4.78, 5) is 13.0. The van der Waals surface area contributed by atoms with Crippen molar-refractivity contribution in [3.8, 4) is 0 Å². The zero-order valence-corrected chi connectivity index (χ0v) is 19.6. The summed E-state index contributed by atoms with van der Waals surface area (Å²) in [6.45, 7) is 6.96. The van der Waals surface area contributed by atoms with Crippen molar-refractivity contribution in [2.24, 2.45) is 5.92 Å². The van der Waals surface area contributed by atoms with Crippen molar-refractivity contribution in [2.75, 3.05) is 13.1 Å². The van der Waals surface area contributed by atoms with Gasteiger partial charge in [0.2, 0.25) is 15.9 Å². The second kappa shape index (κ2) is 10.4. The van der Waals surface area contributed by atoms with Crippen molar-refractivity contribution in [1.29, 1.82) is 0 Å². The summed E-state index contributed by atoms with van der Waals surface area (Å²) in [6.07, 6.45) is 2.92. The highest BCUT2D eigenvalue weighted by atomic mass is 32.2. The summed E-state index contributed by atoms with van der Waals surface area (Å²) < 4.78 is 27.4. The number of aryl methyl sites for hydroxylation is 1. The van der Waals surface area contributed by atoms with E-state index >= 15 is 0 Å². The molecule has 31 heavy (non-hydrogen) atoms. The topological polar surface area (TPSA) is 66.5 Å². The smallest absolute Gasteiger partial charge is 0.243 e. The molecule has 1 saturated heterocycles. The van der Waals surface area contributed by atoms with E-state index in [1.807, 2.05) is 37.3 Å². The molecule has 3 rings (SSSR count). The van der Waals surface area contributed by atoms with Gasteiger partial charge in [-0.25, -0.2) is 8.42 Å². The van der Waals surface area contributed by atoms with Crippen LogP contribution >= 0.6 is 0 Å². The van der Waals surface area contributed by atoms with Crippen LogP contribution in [0.1, 0.15) is 57.1 Å². The molecule has 1 atom stereocenters. The average molecular weight is 443 g/mol. The van der Waals surface area contributed by atoms with Crippen LogP contribution in [-0.4, -0.2) is 37.8 Å². The van der Waals surface area contributed by atoms with E-state index in [9.17, 15) is 13.2 Å². The van der Waals surface area contributed by atoms with Gasteiger partial charge >= 0.3 is 0 Å². The van der Waals surface area contributed by atoms with Crippen molar-refractivity contribution >= 4 is 15.9 Å². The Morgan fingerprint density at radius 1 is 1.00 bits per heavy atom. The fourth-order valence-electron chi connectivity index (χ4n) is 3.99. The summed E-state index contributed by atoms with van der Waals surface area (Å²) in [5, 5.41) is 3.11. The SMILES string of the molecule is CC(CCc1ccccc1)NC(=O)C1CCN(S(=O)(=O)c2ccc(C(C)C)cc2)CC1. The van der Waals surface area contributed by atoms with E-state index in [1.165, 1.54) is 9.87 Å². The molecule has 1 amide bonds. The highest BCUT2D eigenvalue weighted by Crippen LogP contribution is 2.25. The minimum atomic E-state index is -3.51. The summed E-state index contributed by atoms with van der Waals surface area (Å²) >= 11 is 0. The first-order valence-electron chi connectivity index (χ1n) is 11.2. The lowest BCUT2D eigenvalue weighted by atomic mass is 9.96. The second-order valence-corrected chi connectivity index (χ2v) is 10.8. The molecule has 0 radical (unpaired) electrons. The number of rotatable bonds is 8. The van der Waals surface area contributed by atoms with Crippen molar-refractivity contribution in [3.63, 3.8) is 0 Å². The van der Waals surface area contributed by atoms with Crippen molar-refractivity contribution in [3.05, 3.63) is 65.7 Å². The minimum absolute atomic E-state index is 0.0406. The Hall–Kier alpha value is -2.18. The van der Waals surface area contributed by atoms with Gasteiger partial charge in [-0.05, 0) is 61.8 Å². The molecule has 0 aromatic heterocycles. The van der Waals surface area contributed by atoms with Crippen LogP contribution in [0.2, 0.25) is 0 Å². The third-order valence-corrected chi connectivity index (χ3v) is 8.02. The van der Waals surface area contributed by atoms with E-state index in [2.05, 4.69) is 31.3 Å². The van der Waals surface area contributed by atoms with Crippen LogP contribution < -0.4 is 5.32 Å². The summed E-state index contributed by atoms with van der Waals surface area (Å²) in [5.74, 6) is 0.272. The Labute approximate surface area is 186 Å². The van der Waals surface area contributed by atoms with Crippen molar-refractivity contribution in [2.45, 2.75) is 63.3 Å². The molecular formula is C25H34N2O3S. The average Bonchev–Trinajstić information content (AvgIpc) is 2.78. The molecule has 1 unspecified atom stereocenters. The summed E-state index contributed by atoms with van der Waals surface area (Å²) in [5.41, 5.74) is 2.39. The number of nitrogens with zero attached hydrogens (tertiary/aromatic N) is 1. The largest absolute Gasteiger partial charge is 0.353 e. The van der Waals surface area contributed by atoms with E-state index in [4.69, 9.17) is 0 Å². The maximum absolute atomic E-state index is 13.0. The van der Waals surface area contributed by atoms with Crippen LogP contribution in [-0.2, 0) is 21.2 Å². The van der Waals surface area contributed by atoms with Crippen molar-refractivity contribution in [1.82, 2.24) is 9.62 Å². The van der Waals surface area contributed by atoms with Crippen LogP contribution in [0.5, 0.6) is 0 Å². The van der Waals surface area contributed by atoms with Crippen LogP contribution in [0.15, 0.2) is 59.5 Å². The number of amides is 1. The molecule has 5 nitrogen and oxygen atoms in total. The van der Waals surface area contributed by atoms with Gasteiger partial charge < -0.3 is 5.32 Å². The third-order valence-electron chi connectivity index (χ3n) is 6.11. The molecule has 1 fully saturated rings. The standard InChI is InChI=1S/C25H34N2O3S/c1-19(2)22-11-13-24(14-12-22)31(29,30)27-17-15-23(16-18-27)25(28)26-20(3)9-10-21-7-5-4-6-8-21/h4-8,11-14,19-20,23H,9-10,15-18H2,1-3H3,(H,26,28). The molecule has 1 heterocycles. The summed E-state index contributed by atoms with van der Waals surface area (Å²) in [6, 6.07) is 17.5. The quantitative estimate of drug-likeness (QED) is 0.661. The van der Waals surface area contributed by atoms with E-state index < -0.39 is 10.0 Å². The monoisotopic (exact) mass is 442 g/mol. The third kappa shape index (κ3) is 6.17. The van der Waals surface area contributed by atoms with E-state index in [-0.39, 0.29) is 17.9 Å². The molecule has 1 aliphatic rings. The Bertz CT molecular complexity index is 948. The van der Waals surface area contributed by atoms with Gasteiger partial charge in [-0.3, -0.25) is 4.79 Å². The molecule has 0 aliphatic carbocycles. The maximum Gasteiger partial charge on any atom is 0.243 e. The van der Waals surface area contributed by atoms with Crippen LogP contribution in [0.4, 0.5) is 0 Å². The maximum atomic E-state index is 13.0. The van der Waals surface area contributed by atoms with Gasteiger partial charge in [-0.15, -0.1) is 0 Å². The second-order valence-electron chi connectivity index (χ2n) is 8.84. The lowest BCUT2D eigenvalue weighted by Gasteiger charge is -2.31. The molecule has 1 aliphatic heterocycles. The summed E-state index contributed by atoms with van der Waals surface area (Å²) in [7, 11) is -3.51. The Morgan fingerprint density at radius 3 is 2.19 bits per heavy atom. The van der Waals surface area contributed by atoms with Crippen LogP contribution in [0.3, 0.4) is 0 Å². The Balaban J connectivity index is 1.49. The highest BCUT2D eigenvalue weighted by molar-refractivity contribution is 7.89. The van der Waals surface area contributed by atoms with Gasteiger partial charge in [0, 0.05) is 25.0 Å². The van der Waals surface area contributed by atoms with Crippen molar-refractivity contribution < 1.29 is 13.2 Å². The molecule has 0 saturated carbocycles. The van der Waals surface area contributed by atoms with E-state index in [1.54, 1.807) is 12.1 Å². The predicted octanol–water partition coefficient (Wildman–Crippen LogP) is 4.35. The fourth-order valence-corrected chi connectivity index (χ4v) is 5.46. The van der Waals surface area contributed by atoms with Gasteiger partial charge in [0.1, 0.15) is 0 Å². The zero-order chi connectivity index (χ0) is 22.4. The number of piperidine rings is 1. The number of hydrogen-bond acceptors (Lipinski definition) is 3. The number of hydrogen-bond donors (Lipinski definition) is 1. The number of benzene rings is 2. The molecule has 0 bridgehead atoms. The highest BCUT2D eigenvalue weighted by Gasteiger charge is 2.32. The predicted molar refractivity (Wildman–Crippen MR) is 124 cm³/mol. The molecular weight excluding hydrogens is 408 g/mol. The first-order valence-corrected chi connectivity index (χ1v) is 12.7. The number of nitrogens with one attached hydrogen (secondary N) is 1. The Morgan fingerprint density at radius 2 is 1.61 bits per heavy atom. The molecule has 2 aromatic carbocycles. The molecule has 2 aromatic rings. The van der Waals surface area contributed by atoms with Crippen LogP contribution in [0.25, 0.3) is 0 Å². The lowest BCUT2D eigenvalue weighted by molar-refractivity contribution is -0.126. The molecule has 0 spiro atoms. The normalized spacial score (nSPS) is 16.9. The Kier molecular flexibility index (Phi) is 7.89. The first kappa shape index (κ1) is 23.5. The molecule has 6 heteroatoms. The lowest BCUT2D eigenvalue weighted by Crippen LogP contribution is -2.44. The molecule has 1 N–H and O–H groups in total. The van der Waals surface area contributed by atoms with Gasteiger partial charge in [-0.2, -0.15) is 4.31 Å². The van der Waals surface area contributed by atoms with Gasteiger partial charge in [0.05, 0.1) is 4.90 Å². The van der Waals surface area contributed by atoms with Gasteiger partial charge in [-0.1, -0.05) is 56.3 Å². The van der Waals surface area contributed by atoms with Gasteiger partial charge in [0.25, 0.3) is 0 Å².